The quantitative estimate of drug-likeness (QED) is 0.787. The number of rotatable bonds is 3. The molecule has 0 radical (unpaired) electrons. The number of Topliss-reactive ketones (excluding diaryl/α,β-unsaturated/α-hetero) is 1. The largest absolute Gasteiger partial charge is 0.469 e. The lowest BCUT2D eigenvalue weighted by Gasteiger charge is -2.36. The third-order valence-electron chi connectivity index (χ3n) is 4.26. The van der Waals surface area contributed by atoms with Gasteiger partial charge in [0.25, 0.3) is 0 Å². The van der Waals surface area contributed by atoms with Crippen LogP contribution in [0.15, 0.2) is 16.7 Å². The van der Waals surface area contributed by atoms with E-state index in [2.05, 4.69) is 0 Å². The number of carbonyl (C=O) groups is 1. The van der Waals surface area contributed by atoms with Gasteiger partial charge in [-0.2, -0.15) is 0 Å². The highest BCUT2D eigenvalue weighted by atomic mass is 16.6. The fraction of sp³-hybridized carbons (Fsp3) is 0.667. The summed E-state index contributed by atoms with van der Waals surface area (Å²) in [6.45, 7) is 4.03. The lowest BCUT2D eigenvalue weighted by molar-refractivity contribution is -0.0920. The Balaban J connectivity index is 1.76. The van der Waals surface area contributed by atoms with Crippen LogP contribution in [0.4, 0.5) is 0 Å². The van der Waals surface area contributed by atoms with Gasteiger partial charge in [-0.3, -0.25) is 4.79 Å². The standard InChI is InChI=1S/C15H20O4/c1-2-13-12(4-6-18-13)14(16)11-3-7-19-15(9-11)5-8-17-10-15/h4,6,11H,2-3,5,7-10H2,1H3. The number of ketones is 1. The van der Waals surface area contributed by atoms with Crippen LogP contribution in [0.3, 0.4) is 0 Å². The van der Waals surface area contributed by atoms with Gasteiger partial charge in [-0.05, 0) is 18.9 Å². The van der Waals surface area contributed by atoms with Crippen molar-refractivity contribution in [2.45, 2.75) is 38.2 Å². The third-order valence-corrected chi connectivity index (χ3v) is 4.26. The van der Waals surface area contributed by atoms with E-state index in [1.54, 1.807) is 12.3 Å². The number of furan rings is 1. The average Bonchev–Trinajstić information content (AvgIpc) is 3.07. The molecule has 1 aromatic heterocycles. The van der Waals surface area contributed by atoms with E-state index in [0.29, 0.717) is 13.2 Å². The minimum atomic E-state index is -0.214. The summed E-state index contributed by atoms with van der Waals surface area (Å²) < 4.78 is 16.7. The second kappa shape index (κ2) is 5.10. The minimum absolute atomic E-state index is 0.0401. The molecule has 0 aromatic carbocycles. The van der Waals surface area contributed by atoms with E-state index in [4.69, 9.17) is 13.9 Å². The Morgan fingerprint density at radius 1 is 1.47 bits per heavy atom. The van der Waals surface area contributed by atoms with Crippen molar-refractivity contribution in [3.05, 3.63) is 23.7 Å². The maximum Gasteiger partial charge on any atom is 0.169 e. The van der Waals surface area contributed by atoms with Crippen molar-refractivity contribution in [3.8, 4) is 0 Å². The van der Waals surface area contributed by atoms with Crippen molar-refractivity contribution in [3.63, 3.8) is 0 Å². The molecule has 2 aliphatic heterocycles. The van der Waals surface area contributed by atoms with Crippen LogP contribution in [0, 0.1) is 5.92 Å². The van der Waals surface area contributed by atoms with Crippen LogP contribution < -0.4 is 0 Å². The van der Waals surface area contributed by atoms with Gasteiger partial charge in [-0.1, -0.05) is 6.92 Å². The molecule has 2 aliphatic rings. The maximum absolute atomic E-state index is 12.6. The highest BCUT2D eigenvalue weighted by Crippen LogP contribution is 2.37. The lowest BCUT2D eigenvalue weighted by atomic mass is 9.81. The summed E-state index contributed by atoms with van der Waals surface area (Å²) in [5.41, 5.74) is 0.540. The molecule has 2 saturated heterocycles. The van der Waals surface area contributed by atoms with E-state index in [1.807, 2.05) is 6.92 Å². The molecule has 2 atom stereocenters. The van der Waals surface area contributed by atoms with Crippen molar-refractivity contribution in [1.29, 1.82) is 0 Å². The fourth-order valence-corrected chi connectivity index (χ4v) is 3.17. The molecule has 0 N–H and O–H groups in total. The van der Waals surface area contributed by atoms with Gasteiger partial charge in [-0.25, -0.2) is 0 Å². The lowest BCUT2D eigenvalue weighted by Crippen LogP contribution is -2.42. The molecule has 3 heterocycles. The molecule has 3 rings (SSSR count). The van der Waals surface area contributed by atoms with Gasteiger partial charge in [0.2, 0.25) is 0 Å². The molecule has 2 fully saturated rings. The summed E-state index contributed by atoms with van der Waals surface area (Å²) in [6, 6.07) is 1.80. The number of ether oxygens (including phenoxy) is 2. The number of aryl methyl sites for hydroxylation is 1. The summed E-state index contributed by atoms with van der Waals surface area (Å²) >= 11 is 0. The zero-order valence-corrected chi connectivity index (χ0v) is 11.3. The Morgan fingerprint density at radius 2 is 2.37 bits per heavy atom. The molecule has 2 unspecified atom stereocenters. The molecule has 4 nitrogen and oxygen atoms in total. The summed E-state index contributed by atoms with van der Waals surface area (Å²) in [4.78, 5) is 12.6. The van der Waals surface area contributed by atoms with Gasteiger partial charge in [0, 0.05) is 32.0 Å². The summed E-state index contributed by atoms with van der Waals surface area (Å²) in [5.74, 6) is 1.05. The van der Waals surface area contributed by atoms with E-state index in [-0.39, 0.29) is 17.3 Å². The molecule has 0 aliphatic carbocycles. The first-order chi connectivity index (χ1) is 9.24. The third kappa shape index (κ3) is 2.35. The molecule has 1 aromatic rings. The molecule has 4 heteroatoms. The Kier molecular flexibility index (Phi) is 3.46. The smallest absolute Gasteiger partial charge is 0.169 e. The van der Waals surface area contributed by atoms with Gasteiger partial charge < -0.3 is 13.9 Å². The minimum Gasteiger partial charge on any atom is -0.469 e. The van der Waals surface area contributed by atoms with Crippen LogP contribution in [0.2, 0.25) is 0 Å². The molecule has 104 valence electrons. The van der Waals surface area contributed by atoms with Crippen LogP contribution in [0.1, 0.15) is 42.3 Å². The summed E-state index contributed by atoms with van der Waals surface area (Å²) in [7, 11) is 0. The molecule has 0 saturated carbocycles. The van der Waals surface area contributed by atoms with Crippen LogP contribution in [-0.4, -0.2) is 31.2 Å². The van der Waals surface area contributed by atoms with Gasteiger partial charge in [0.15, 0.2) is 5.78 Å². The van der Waals surface area contributed by atoms with Crippen molar-refractivity contribution in [2.24, 2.45) is 5.92 Å². The highest BCUT2D eigenvalue weighted by Gasteiger charge is 2.43. The van der Waals surface area contributed by atoms with E-state index in [0.717, 1.165) is 43.6 Å². The molecule has 1 spiro atoms. The van der Waals surface area contributed by atoms with Crippen molar-refractivity contribution < 1.29 is 18.7 Å². The second-order valence-corrected chi connectivity index (χ2v) is 5.50. The normalized spacial score (nSPS) is 30.9. The number of hydrogen-bond acceptors (Lipinski definition) is 4. The molecular formula is C15H20O4. The highest BCUT2D eigenvalue weighted by molar-refractivity contribution is 5.98. The average molecular weight is 264 g/mol. The first-order valence-corrected chi connectivity index (χ1v) is 7.06. The van der Waals surface area contributed by atoms with Gasteiger partial charge >= 0.3 is 0 Å². The fourth-order valence-electron chi connectivity index (χ4n) is 3.17. The monoisotopic (exact) mass is 264 g/mol. The number of hydrogen-bond donors (Lipinski definition) is 0. The first kappa shape index (κ1) is 12.9. The van der Waals surface area contributed by atoms with Crippen molar-refractivity contribution in [2.75, 3.05) is 19.8 Å². The van der Waals surface area contributed by atoms with E-state index in [1.165, 1.54) is 0 Å². The van der Waals surface area contributed by atoms with Crippen LogP contribution in [-0.2, 0) is 15.9 Å². The van der Waals surface area contributed by atoms with Crippen LogP contribution in [0.25, 0.3) is 0 Å². The Labute approximate surface area is 113 Å². The second-order valence-electron chi connectivity index (χ2n) is 5.50. The zero-order chi connectivity index (χ0) is 13.3. The Morgan fingerprint density at radius 3 is 3.11 bits per heavy atom. The van der Waals surface area contributed by atoms with Gasteiger partial charge in [0.05, 0.1) is 24.0 Å². The Bertz CT molecular complexity index is 456. The van der Waals surface area contributed by atoms with Crippen molar-refractivity contribution >= 4 is 5.78 Å². The zero-order valence-electron chi connectivity index (χ0n) is 11.3. The van der Waals surface area contributed by atoms with Crippen LogP contribution in [0.5, 0.6) is 0 Å². The molecular weight excluding hydrogens is 244 g/mol. The van der Waals surface area contributed by atoms with E-state index >= 15 is 0 Å². The van der Waals surface area contributed by atoms with Gasteiger partial charge in [0.1, 0.15) is 5.76 Å². The number of carbonyl (C=O) groups excluding carboxylic acids is 1. The van der Waals surface area contributed by atoms with Crippen molar-refractivity contribution in [1.82, 2.24) is 0 Å². The van der Waals surface area contributed by atoms with E-state index < -0.39 is 0 Å². The first-order valence-electron chi connectivity index (χ1n) is 7.06. The SMILES string of the molecule is CCc1occc1C(=O)C1CCOC2(CCOC2)C1. The van der Waals surface area contributed by atoms with Gasteiger partial charge in [-0.15, -0.1) is 0 Å². The molecule has 19 heavy (non-hydrogen) atoms. The molecule has 0 bridgehead atoms. The molecule has 0 amide bonds. The maximum atomic E-state index is 12.6. The van der Waals surface area contributed by atoms with Crippen LogP contribution >= 0.6 is 0 Å². The predicted molar refractivity (Wildman–Crippen MR) is 69.3 cm³/mol. The predicted octanol–water partition coefficient (Wildman–Crippen LogP) is 2.61. The topological polar surface area (TPSA) is 48.7 Å². The summed E-state index contributed by atoms with van der Waals surface area (Å²) in [6.07, 6.45) is 4.85. The van der Waals surface area contributed by atoms with E-state index in [9.17, 15) is 4.79 Å². The Hall–Kier alpha value is -1.13. The summed E-state index contributed by atoms with van der Waals surface area (Å²) in [5, 5.41) is 0.